The third-order valence-electron chi connectivity index (χ3n) is 2.06. The lowest BCUT2D eigenvalue weighted by molar-refractivity contribution is 0.0967. The highest BCUT2D eigenvalue weighted by molar-refractivity contribution is 8.93. The Morgan fingerprint density at radius 3 is 2.93 bits per heavy atom. The lowest BCUT2D eigenvalue weighted by Gasteiger charge is -2.14. The Balaban J connectivity index is 0.00000112. The molecule has 0 spiro atoms. The predicted molar refractivity (Wildman–Crippen MR) is 70.7 cm³/mol. The molecule has 1 aliphatic rings. The van der Waals surface area contributed by atoms with Crippen molar-refractivity contribution in [2.24, 2.45) is 0 Å². The van der Waals surface area contributed by atoms with Crippen LogP contribution in [0.15, 0.2) is 16.8 Å². The van der Waals surface area contributed by atoms with E-state index in [0.717, 1.165) is 17.9 Å². The highest BCUT2D eigenvalue weighted by atomic mass is 79.9. The lowest BCUT2D eigenvalue weighted by atomic mass is 10.2. The van der Waals surface area contributed by atoms with Gasteiger partial charge >= 0.3 is 0 Å². The molecule has 2 rings (SSSR count). The van der Waals surface area contributed by atoms with Crippen LogP contribution in [0.5, 0.6) is 0 Å². The van der Waals surface area contributed by atoms with Crippen LogP contribution in [0, 0.1) is 5.41 Å². The van der Waals surface area contributed by atoms with Crippen LogP contribution in [0.4, 0.5) is 0 Å². The second-order valence-electron chi connectivity index (χ2n) is 3.01. The molecule has 82 valence electrons. The maximum absolute atomic E-state index is 11.7. The van der Waals surface area contributed by atoms with E-state index in [4.69, 9.17) is 5.41 Å². The van der Waals surface area contributed by atoms with E-state index in [1.54, 1.807) is 0 Å². The molecule has 1 N–H and O–H groups in total. The van der Waals surface area contributed by atoms with Gasteiger partial charge < -0.3 is 4.90 Å². The molecular formula is C9H11BrN2OS2. The number of rotatable bonds is 3. The minimum atomic E-state index is 0. The molecule has 0 saturated carbocycles. The fourth-order valence-electron chi connectivity index (χ4n) is 1.28. The molecule has 15 heavy (non-hydrogen) atoms. The summed E-state index contributed by atoms with van der Waals surface area (Å²) < 4.78 is 0. The molecule has 1 aromatic heterocycles. The Morgan fingerprint density at radius 2 is 2.40 bits per heavy atom. The zero-order valence-electron chi connectivity index (χ0n) is 7.93. The van der Waals surface area contributed by atoms with Gasteiger partial charge in [0.1, 0.15) is 0 Å². The number of nitrogens with one attached hydrogen (secondary N) is 1. The van der Waals surface area contributed by atoms with Crippen molar-refractivity contribution >= 4 is 51.0 Å². The third-order valence-corrected chi connectivity index (χ3v) is 3.67. The summed E-state index contributed by atoms with van der Waals surface area (Å²) in [6.07, 6.45) is 0. The molecule has 0 bridgehead atoms. The average Bonchev–Trinajstić information content (AvgIpc) is 2.77. The summed E-state index contributed by atoms with van der Waals surface area (Å²) in [5, 5.41) is 11.8. The van der Waals surface area contributed by atoms with Gasteiger partial charge in [0, 0.05) is 23.2 Å². The Labute approximate surface area is 107 Å². The van der Waals surface area contributed by atoms with E-state index in [0.29, 0.717) is 11.7 Å². The molecule has 0 atom stereocenters. The van der Waals surface area contributed by atoms with E-state index >= 15 is 0 Å². The number of hydrogen-bond donors (Lipinski definition) is 1. The van der Waals surface area contributed by atoms with Crippen LogP contribution in [0.25, 0.3) is 0 Å². The van der Waals surface area contributed by atoms with E-state index in [9.17, 15) is 4.79 Å². The highest BCUT2D eigenvalue weighted by Crippen LogP contribution is 2.17. The summed E-state index contributed by atoms with van der Waals surface area (Å²) in [7, 11) is 0. The second-order valence-corrected chi connectivity index (χ2v) is 4.87. The number of carbonyl (C=O) groups is 1. The quantitative estimate of drug-likeness (QED) is 0.873. The molecule has 1 aliphatic heterocycles. The smallest absolute Gasteiger partial charge is 0.182 e. The number of ketones is 1. The van der Waals surface area contributed by atoms with Gasteiger partial charge in [-0.05, 0) is 11.4 Å². The molecule has 0 unspecified atom stereocenters. The molecule has 3 nitrogen and oxygen atoms in total. The topological polar surface area (TPSA) is 44.2 Å². The number of thioether (sulfide) groups is 1. The fourth-order valence-corrected chi connectivity index (χ4v) is 2.79. The number of nitrogens with zero attached hydrogens (tertiary/aromatic N) is 1. The van der Waals surface area contributed by atoms with Gasteiger partial charge in [0.2, 0.25) is 0 Å². The number of hydrogen-bond acceptors (Lipinski definition) is 4. The van der Waals surface area contributed by atoms with Gasteiger partial charge in [0.25, 0.3) is 0 Å². The molecule has 1 saturated heterocycles. The Kier molecular flexibility index (Phi) is 4.82. The van der Waals surface area contributed by atoms with Gasteiger partial charge in [-0.3, -0.25) is 10.2 Å². The zero-order valence-corrected chi connectivity index (χ0v) is 11.3. The van der Waals surface area contributed by atoms with Gasteiger partial charge in [-0.15, -0.1) is 17.0 Å². The van der Waals surface area contributed by atoms with Crippen molar-refractivity contribution in [2.45, 2.75) is 0 Å². The Hall–Kier alpha value is -0.330. The maximum Gasteiger partial charge on any atom is 0.182 e. The van der Waals surface area contributed by atoms with E-state index in [-0.39, 0.29) is 22.8 Å². The van der Waals surface area contributed by atoms with E-state index in [1.165, 1.54) is 23.1 Å². The normalized spacial score (nSPS) is 15.2. The molecule has 2 heterocycles. The first-order valence-corrected chi connectivity index (χ1v) is 6.22. The number of halogens is 1. The van der Waals surface area contributed by atoms with E-state index in [2.05, 4.69) is 0 Å². The largest absolute Gasteiger partial charge is 0.343 e. The summed E-state index contributed by atoms with van der Waals surface area (Å²) in [5.74, 6) is 1.04. The summed E-state index contributed by atoms with van der Waals surface area (Å²) in [5.41, 5.74) is 0.764. The number of carbonyl (C=O) groups excluding carboxylic acids is 1. The summed E-state index contributed by atoms with van der Waals surface area (Å²) in [6.45, 7) is 1.17. The van der Waals surface area contributed by atoms with Crippen LogP contribution >= 0.6 is 40.1 Å². The molecular weight excluding hydrogens is 296 g/mol. The Bertz CT molecular complexity index is 353. The van der Waals surface area contributed by atoms with E-state index < -0.39 is 0 Å². The van der Waals surface area contributed by atoms with Gasteiger partial charge in [0.15, 0.2) is 11.0 Å². The minimum Gasteiger partial charge on any atom is -0.343 e. The average molecular weight is 307 g/mol. The van der Waals surface area contributed by atoms with Crippen molar-refractivity contribution in [1.82, 2.24) is 4.90 Å². The fraction of sp³-hybridized carbons (Fsp3) is 0.333. The third kappa shape index (κ3) is 3.06. The van der Waals surface area contributed by atoms with Gasteiger partial charge in [-0.2, -0.15) is 11.3 Å². The summed E-state index contributed by atoms with van der Waals surface area (Å²) in [6, 6.07) is 1.83. The van der Waals surface area contributed by atoms with Crippen molar-refractivity contribution in [1.29, 1.82) is 5.41 Å². The molecule has 0 amide bonds. The van der Waals surface area contributed by atoms with Crippen LogP contribution in [0.3, 0.4) is 0 Å². The molecule has 1 aromatic rings. The van der Waals surface area contributed by atoms with Crippen molar-refractivity contribution in [2.75, 3.05) is 18.8 Å². The van der Waals surface area contributed by atoms with Crippen molar-refractivity contribution in [3.05, 3.63) is 22.4 Å². The maximum atomic E-state index is 11.7. The first-order valence-electron chi connectivity index (χ1n) is 4.29. The SMILES string of the molecule is Br.N=C1SCCN1CC(=O)c1ccsc1. The van der Waals surface area contributed by atoms with Crippen LogP contribution in [-0.2, 0) is 0 Å². The monoisotopic (exact) mass is 306 g/mol. The van der Waals surface area contributed by atoms with Crippen molar-refractivity contribution < 1.29 is 4.79 Å². The van der Waals surface area contributed by atoms with Gasteiger partial charge in [-0.1, -0.05) is 11.8 Å². The molecule has 6 heteroatoms. The van der Waals surface area contributed by atoms with Gasteiger partial charge in [0.05, 0.1) is 6.54 Å². The second kappa shape index (κ2) is 5.67. The first kappa shape index (κ1) is 12.7. The lowest BCUT2D eigenvalue weighted by Crippen LogP contribution is -2.29. The zero-order chi connectivity index (χ0) is 9.97. The summed E-state index contributed by atoms with van der Waals surface area (Å²) in [4.78, 5) is 13.5. The van der Waals surface area contributed by atoms with Crippen LogP contribution in [0.1, 0.15) is 10.4 Å². The molecule has 1 fully saturated rings. The van der Waals surface area contributed by atoms with Crippen LogP contribution in [0.2, 0.25) is 0 Å². The number of thiophene rings is 1. The van der Waals surface area contributed by atoms with E-state index in [1.807, 2.05) is 21.7 Å². The molecule has 0 radical (unpaired) electrons. The number of Topliss-reactive ketones (excluding diaryl/α,β-unsaturated/α-hetero) is 1. The molecule has 0 aliphatic carbocycles. The first-order chi connectivity index (χ1) is 6.77. The standard InChI is InChI=1S/C9H10N2OS2.BrH/c10-9-11(2-4-14-9)5-8(12)7-1-3-13-6-7;/h1,3,6,10H,2,4-5H2;1H. The predicted octanol–water partition coefficient (Wildman–Crippen LogP) is 2.49. The molecule has 0 aromatic carbocycles. The summed E-state index contributed by atoms with van der Waals surface area (Å²) >= 11 is 3.03. The van der Waals surface area contributed by atoms with Crippen molar-refractivity contribution in [3.63, 3.8) is 0 Å². The van der Waals surface area contributed by atoms with Crippen LogP contribution in [-0.4, -0.2) is 34.7 Å². The number of amidine groups is 1. The Morgan fingerprint density at radius 1 is 1.60 bits per heavy atom. The minimum absolute atomic E-state index is 0. The highest BCUT2D eigenvalue weighted by Gasteiger charge is 2.20. The van der Waals surface area contributed by atoms with Gasteiger partial charge in [-0.25, -0.2) is 0 Å². The van der Waals surface area contributed by atoms with Crippen molar-refractivity contribution in [3.8, 4) is 0 Å². The van der Waals surface area contributed by atoms with Crippen LogP contribution < -0.4 is 0 Å².